The molecule has 1 aromatic heterocycles. The fraction of sp³-hybridized carbons (Fsp3) is 0.188. The molecule has 0 saturated heterocycles. The summed E-state index contributed by atoms with van der Waals surface area (Å²) in [7, 11) is 0. The molecule has 0 radical (unpaired) electrons. The SMILES string of the molecule is Cc1cc2c(c(F)n1)-c1ccccc1CC(=O)N2CC(=O)O. The Morgan fingerprint density at radius 3 is 2.86 bits per heavy atom. The zero-order valence-corrected chi connectivity index (χ0v) is 11.8. The highest BCUT2D eigenvalue weighted by molar-refractivity contribution is 6.04. The summed E-state index contributed by atoms with van der Waals surface area (Å²) in [4.78, 5) is 28.4. The van der Waals surface area contributed by atoms with Crippen LogP contribution in [0.2, 0.25) is 0 Å². The molecule has 0 unspecified atom stereocenters. The van der Waals surface area contributed by atoms with E-state index in [2.05, 4.69) is 4.98 Å². The average Bonchev–Trinajstić information content (AvgIpc) is 2.55. The van der Waals surface area contributed by atoms with Gasteiger partial charge in [-0.15, -0.1) is 0 Å². The van der Waals surface area contributed by atoms with Gasteiger partial charge in [-0.3, -0.25) is 9.59 Å². The van der Waals surface area contributed by atoms with Gasteiger partial charge in [0.1, 0.15) is 6.54 Å². The summed E-state index contributed by atoms with van der Waals surface area (Å²) in [6.07, 6.45) is 0.0244. The van der Waals surface area contributed by atoms with Crippen molar-refractivity contribution in [3.05, 3.63) is 47.5 Å². The van der Waals surface area contributed by atoms with Crippen molar-refractivity contribution in [1.29, 1.82) is 0 Å². The molecule has 0 fully saturated rings. The maximum atomic E-state index is 14.4. The van der Waals surface area contributed by atoms with Crippen LogP contribution in [-0.4, -0.2) is 28.5 Å². The van der Waals surface area contributed by atoms with Crippen LogP contribution >= 0.6 is 0 Å². The topological polar surface area (TPSA) is 70.5 Å². The summed E-state index contributed by atoms with van der Waals surface area (Å²) in [5.74, 6) is -2.23. The molecule has 0 spiro atoms. The van der Waals surface area contributed by atoms with E-state index in [0.717, 1.165) is 4.90 Å². The van der Waals surface area contributed by atoms with E-state index >= 15 is 0 Å². The van der Waals surface area contributed by atoms with Gasteiger partial charge in [0.05, 0.1) is 17.7 Å². The third-order valence-corrected chi connectivity index (χ3v) is 3.60. The zero-order chi connectivity index (χ0) is 15.9. The Morgan fingerprint density at radius 2 is 2.14 bits per heavy atom. The maximum Gasteiger partial charge on any atom is 0.323 e. The number of hydrogen-bond donors (Lipinski definition) is 1. The number of aryl methyl sites for hydroxylation is 1. The quantitative estimate of drug-likeness (QED) is 0.863. The first-order chi connectivity index (χ1) is 10.5. The lowest BCUT2D eigenvalue weighted by atomic mass is 9.99. The van der Waals surface area contributed by atoms with Crippen LogP contribution in [0.1, 0.15) is 11.3 Å². The molecule has 0 saturated carbocycles. The molecule has 6 heteroatoms. The van der Waals surface area contributed by atoms with Gasteiger partial charge in [-0.25, -0.2) is 4.98 Å². The highest BCUT2D eigenvalue weighted by Crippen LogP contribution is 2.38. The van der Waals surface area contributed by atoms with Crippen LogP contribution in [0.4, 0.5) is 10.1 Å². The fourth-order valence-electron chi connectivity index (χ4n) is 2.70. The van der Waals surface area contributed by atoms with Gasteiger partial charge in [0.2, 0.25) is 11.9 Å². The molecule has 22 heavy (non-hydrogen) atoms. The third-order valence-electron chi connectivity index (χ3n) is 3.60. The zero-order valence-electron chi connectivity index (χ0n) is 11.8. The van der Waals surface area contributed by atoms with E-state index in [1.54, 1.807) is 37.3 Å². The number of carboxylic acid groups (broad SMARTS) is 1. The van der Waals surface area contributed by atoms with Crippen molar-refractivity contribution < 1.29 is 19.1 Å². The van der Waals surface area contributed by atoms with Crippen LogP contribution in [0.15, 0.2) is 30.3 Å². The van der Waals surface area contributed by atoms with Crippen molar-refractivity contribution in [2.75, 3.05) is 11.4 Å². The molecule has 1 aromatic carbocycles. The normalized spacial score (nSPS) is 13.4. The Hall–Kier alpha value is -2.76. The highest BCUT2D eigenvalue weighted by Gasteiger charge is 2.29. The van der Waals surface area contributed by atoms with Crippen LogP contribution in [0.25, 0.3) is 11.1 Å². The number of carbonyl (C=O) groups excluding carboxylic acids is 1. The van der Waals surface area contributed by atoms with Gasteiger partial charge in [0.25, 0.3) is 0 Å². The van der Waals surface area contributed by atoms with Crippen molar-refractivity contribution >= 4 is 17.6 Å². The highest BCUT2D eigenvalue weighted by atomic mass is 19.1. The number of nitrogens with zero attached hydrogens (tertiary/aromatic N) is 2. The van der Waals surface area contributed by atoms with Gasteiger partial charge in [-0.2, -0.15) is 4.39 Å². The predicted octanol–water partition coefficient (Wildman–Crippen LogP) is 2.17. The minimum absolute atomic E-state index is 0.0244. The number of rotatable bonds is 2. The van der Waals surface area contributed by atoms with Crippen LogP contribution < -0.4 is 4.90 Å². The van der Waals surface area contributed by atoms with Gasteiger partial charge in [0, 0.05) is 5.69 Å². The van der Waals surface area contributed by atoms with Gasteiger partial charge in [-0.05, 0) is 24.1 Å². The number of halogens is 1. The molecule has 0 atom stereocenters. The van der Waals surface area contributed by atoms with E-state index in [1.165, 1.54) is 0 Å². The van der Waals surface area contributed by atoms with E-state index in [9.17, 15) is 14.0 Å². The number of carbonyl (C=O) groups is 2. The number of pyridine rings is 1. The summed E-state index contributed by atoms with van der Waals surface area (Å²) in [5.41, 5.74) is 2.05. The van der Waals surface area contributed by atoms with Crippen LogP contribution in [0.5, 0.6) is 0 Å². The molecule has 112 valence electrons. The Labute approximate surface area is 126 Å². The van der Waals surface area contributed by atoms with Gasteiger partial charge in [-0.1, -0.05) is 24.3 Å². The van der Waals surface area contributed by atoms with Crippen molar-refractivity contribution in [2.45, 2.75) is 13.3 Å². The Bertz CT molecular complexity index is 789. The molecular weight excluding hydrogens is 287 g/mol. The molecule has 1 N–H and O–H groups in total. The minimum Gasteiger partial charge on any atom is -0.480 e. The third kappa shape index (κ3) is 2.32. The number of hydrogen-bond acceptors (Lipinski definition) is 3. The monoisotopic (exact) mass is 300 g/mol. The summed E-state index contributed by atoms with van der Waals surface area (Å²) in [5, 5.41) is 9.05. The minimum atomic E-state index is -1.15. The predicted molar refractivity (Wildman–Crippen MR) is 78.1 cm³/mol. The standard InChI is InChI=1S/C16H13FN2O3/c1-9-6-12-15(16(17)18-9)11-5-3-2-4-10(11)7-13(20)19(12)8-14(21)22/h2-6H,7-8H2,1H3,(H,21,22). The number of amides is 1. The van der Waals surface area contributed by atoms with E-state index < -0.39 is 18.5 Å². The summed E-state index contributed by atoms with van der Waals surface area (Å²) in [6, 6.07) is 8.51. The summed E-state index contributed by atoms with van der Waals surface area (Å²) >= 11 is 0. The lowest BCUT2D eigenvalue weighted by molar-refractivity contribution is -0.136. The molecule has 2 heterocycles. The Kier molecular flexibility index (Phi) is 3.36. The fourth-order valence-corrected chi connectivity index (χ4v) is 2.70. The number of carboxylic acids is 1. The van der Waals surface area contributed by atoms with Crippen LogP contribution in [0.3, 0.4) is 0 Å². The van der Waals surface area contributed by atoms with Crippen LogP contribution in [-0.2, 0) is 16.0 Å². The number of aliphatic carboxylic acids is 1. The molecule has 3 rings (SSSR count). The first-order valence-corrected chi connectivity index (χ1v) is 6.75. The smallest absolute Gasteiger partial charge is 0.323 e. The first-order valence-electron chi connectivity index (χ1n) is 6.75. The molecule has 1 amide bonds. The number of benzene rings is 1. The summed E-state index contributed by atoms with van der Waals surface area (Å²) in [6.45, 7) is 1.09. The maximum absolute atomic E-state index is 14.4. The summed E-state index contributed by atoms with van der Waals surface area (Å²) < 4.78 is 14.4. The molecular formula is C16H13FN2O3. The van der Waals surface area contributed by atoms with Crippen molar-refractivity contribution in [1.82, 2.24) is 4.98 Å². The van der Waals surface area contributed by atoms with E-state index in [-0.39, 0.29) is 23.6 Å². The van der Waals surface area contributed by atoms with Crippen molar-refractivity contribution in [3.8, 4) is 11.1 Å². The number of fused-ring (bicyclic) bond motifs is 3. The van der Waals surface area contributed by atoms with Gasteiger partial charge >= 0.3 is 5.97 Å². The van der Waals surface area contributed by atoms with Crippen molar-refractivity contribution in [3.63, 3.8) is 0 Å². The number of anilines is 1. The second-order valence-electron chi connectivity index (χ2n) is 5.16. The Balaban J connectivity index is 2.31. The Morgan fingerprint density at radius 1 is 1.41 bits per heavy atom. The molecule has 1 aliphatic rings. The van der Waals surface area contributed by atoms with E-state index in [1.807, 2.05) is 0 Å². The molecule has 1 aliphatic heterocycles. The average molecular weight is 300 g/mol. The first kappa shape index (κ1) is 14.2. The van der Waals surface area contributed by atoms with E-state index in [0.29, 0.717) is 16.8 Å². The van der Waals surface area contributed by atoms with E-state index in [4.69, 9.17) is 5.11 Å². The molecule has 5 nitrogen and oxygen atoms in total. The van der Waals surface area contributed by atoms with Crippen molar-refractivity contribution in [2.24, 2.45) is 0 Å². The molecule has 0 bridgehead atoms. The van der Waals surface area contributed by atoms with Gasteiger partial charge < -0.3 is 10.0 Å². The van der Waals surface area contributed by atoms with Gasteiger partial charge in [0.15, 0.2) is 0 Å². The molecule has 2 aromatic rings. The lowest BCUT2D eigenvalue weighted by Crippen LogP contribution is -2.36. The lowest BCUT2D eigenvalue weighted by Gasteiger charge is -2.21. The number of aromatic nitrogens is 1. The largest absolute Gasteiger partial charge is 0.480 e. The van der Waals surface area contributed by atoms with Crippen LogP contribution in [0, 0.1) is 12.9 Å². The second-order valence-corrected chi connectivity index (χ2v) is 5.16. The second kappa shape index (κ2) is 5.22. The molecule has 0 aliphatic carbocycles.